The van der Waals surface area contributed by atoms with Crippen LogP contribution >= 0.6 is 11.6 Å². The zero-order valence-corrected chi connectivity index (χ0v) is 9.98. The monoisotopic (exact) mass is 243 g/mol. The maximum Gasteiger partial charge on any atom is 0.166 e. The fraction of sp³-hybridized carbons (Fsp3) is 0.500. The molecule has 16 heavy (non-hydrogen) atoms. The first-order chi connectivity index (χ1) is 7.72. The summed E-state index contributed by atoms with van der Waals surface area (Å²) in [5.74, 6) is 0.309. The van der Waals surface area contributed by atoms with E-state index in [0.29, 0.717) is 16.7 Å². The summed E-state index contributed by atoms with van der Waals surface area (Å²) in [5, 5.41) is 3.72. The molecule has 1 fully saturated rings. The highest BCUT2D eigenvalue weighted by molar-refractivity contribution is 6.30. The van der Waals surface area contributed by atoms with Gasteiger partial charge in [0, 0.05) is 10.6 Å². The van der Waals surface area contributed by atoms with Crippen molar-refractivity contribution in [1.29, 1.82) is 0 Å². The minimum Gasteiger partial charge on any atom is -0.493 e. The molecule has 2 rings (SSSR count). The first kappa shape index (κ1) is 11.7. The van der Waals surface area contributed by atoms with Gasteiger partial charge in [0.2, 0.25) is 0 Å². The van der Waals surface area contributed by atoms with Crippen LogP contribution in [0.5, 0.6) is 5.75 Å². The molecule has 0 aliphatic carbocycles. The van der Waals surface area contributed by atoms with Crippen molar-refractivity contribution in [2.75, 3.05) is 20.2 Å². The summed E-state index contributed by atoms with van der Waals surface area (Å²) in [6.07, 6.45) is 1.99. The smallest absolute Gasteiger partial charge is 0.166 e. The lowest BCUT2D eigenvalue weighted by Gasteiger charge is -2.24. The van der Waals surface area contributed by atoms with Gasteiger partial charge < -0.3 is 10.1 Å². The van der Waals surface area contributed by atoms with Crippen LogP contribution in [0.4, 0.5) is 4.39 Å². The number of hydrogen-bond donors (Lipinski definition) is 1. The molecule has 0 amide bonds. The van der Waals surface area contributed by atoms with Crippen molar-refractivity contribution in [3.05, 3.63) is 28.5 Å². The van der Waals surface area contributed by atoms with Crippen molar-refractivity contribution in [3.63, 3.8) is 0 Å². The molecule has 0 radical (unpaired) electrons. The van der Waals surface area contributed by atoms with Crippen molar-refractivity contribution >= 4 is 11.6 Å². The van der Waals surface area contributed by atoms with Gasteiger partial charge in [0.05, 0.1) is 7.11 Å². The fourth-order valence-electron chi connectivity index (χ4n) is 2.23. The van der Waals surface area contributed by atoms with Gasteiger partial charge in [-0.25, -0.2) is 4.39 Å². The summed E-state index contributed by atoms with van der Waals surface area (Å²) in [6, 6.07) is 3.12. The Labute approximate surface area is 99.7 Å². The molecule has 1 saturated heterocycles. The predicted octanol–water partition coefficient (Wildman–Crippen LogP) is 2.95. The normalized spacial score (nSPS) is 17.4. The van der Waals surface area contributed by atoms with E-state index in [1.54, 1.807) is 0 Å². The lowest BCUT2D eigenvalue weighted by Crippen LogP contribution is -2.26. The van der Waals surface area contributed by atoms with Crippen LogP contribution in [0.1, 0.15) is 24.3 Å². The van der Waals surface area contributed by atoms with Gasteiger partial charge in [-0.2, -0.15) is 0 Å². The zero-order valence-electron chi connectivity index (χ0n) is 9.22. The average Bonchev–Trinajstić information content (AvgIpc) is 2.29. The third kappa shape index (κ3) is 2.30. The van der Waals surface area contributed by atoms with E-state index < -0.39 is 0 Å². The number of halogens is 2. The van der Waals surface area contributed by atoms with E-state index in [-0.39, 0.29) is 5.82 Å². The van der Waals surface area contributed by atoms with Crippen LogP contribution in [0.2, 0.25) is 5.02 Å². The Bertz CT molecular complexity index is 378. The Morgan fingerprint density at radius 2 is 2.06 bits per heavy atom. The maximum absolute atomic E-state index is 13.6. The van der Waals surface area contributed by atoms with E-state index in [9.17, 15) is 4.39 Å². The molecule has 1 N–H and O–H groups in total. The van der Waals surface area contributed by atoms with Crippen LogP contribution < -0.4 is 10.1 Å². The molecular formula is C12H15ClFNO. The first-order valence-electron chi connectivity index (χ1n) is 5.46. The van der Waals surface area contributed by atoms with Gasteiger partial charge in [-0.15, -0.1) is 0 Å². The molecule has 0 bridgehead atoms. The Morgan fingerprint density at radius 3 is 2.69 bits per heavy atom. The molecule has 0 saturated carbocycles. The van der Waals surface area contributed by atoms with Crippen molar-refractivity contribution in [1.82, 2.24) is 5.32 Å². The largest absolute Gasteiger partial charge is 0.493 e. The van der Waals surface area contributed by atoms with Gasteiger partial charge in [-0.05, 0) is 44.0 Å². The third-order valence-electron chi connectivity index (χ3n) is 3.02. The molecule has 0 aromatic heterocycles. The van der Waals surface area contributed by atoms with Crippen LogP contribution in [0.3, 0.4) is 0 Å². The summed E-state index contributed by atoms with van der Waals surface area (Å²) >= 11 is 5.89. The van der Waals surface area contributed by atoms with Crippen LogP contribution in [-0.4, -0.2) is 20.2 Å². The van der Waals surface area contributed by atoms with E-state index in [2.05, 4.69) is 5.32 Å². The highest BCUT2D eigenvalue weighted by Crippen LogP contribution is 2.36. The van der Waals surface area contributed by atoms with Crippen molar-refractivity contribution in [3.8, 4) is 5.75 Å². The first-order valence-corrected chi connectivity index (χ1v) is 5.84. The molecule has 4 heteroatoms. The van der Waals surface area contributed by atoms with Crippen molar-refractivity contribution < 1.29 is 9.13 Å². The number of rotatable bonds is 2. The molecule has 1 aromatic carbocycles. The predicted molar refractivity (Wildman–Crippen MR) is 62.8 cm³/mol. The van der Waals surface area contributed by atoms with Gasteiger partial charge in [-0.3, -0.25) is 0 Å². The Hall–Kier alpha value is -0.800. The average molecular weight is 244 g/mol. The molecule has 88 valence electrons. The highest BCUT2D eigenvalue weighted by atomic mass is 35.5. The topological polar surface area (TPSA) is 21.3 Å². The Morgan fingerprint density at radius 1 is 1.38 bits per heavy atom. The fourth-order valence-corrected chi connectivity index (χ4v) is 2.45. The third-order valence-corrected chi connectivity index (χ3v) is 3.24. The number of benzene rings is 1. The number of ether oxygens (including phenoxy) is 1. The molecule has 0 unspecified atom stereocenters. The van der Waals surface area contributed by atoms with E-state index in [4.69, 9.17) is 16.3 Å². The van der Waals surface area contributed by atoms with Gasteiger partial charge in [0.1, 0.15) is 0 Å². The van der Waals surface area contributed by atoms with E-state index in [1.165, 1.54) is 13.2 Å². The molecule has 1 aliphatic rings. The zero-order chi connectivity index (χ0) is 11.5. The van der Waals surface area contributed by atoms with Crippen LogP contribution in [0.15, 0.2) is 12.1 Å². The Kier molecular flexibility index (Phi) is 3.66. The molecule has 0 spiro atoms. The van der Waals surface area contributed by atoms with E-state index in [1.807, 2.05) is 6.07 Å². The minimum absolute atomic E-state index is 0.337. The number of nitrogens with one attached hydrogen (secondary N) is 1. The van der Waals surface area contributed by atoms with Crippen LogP contribution in [0, 0.1) is 5.82 Å². The summed E-state index contributed by atoms with van der Waals surface area (Å²) in [5.41, 5.74) is 0.897. The quantitative estimate of drug-likeness (QED) is 0.862. The number of hydrogen-bond acceptors (Lipinski definition) is 2. The van der Waals surface area contributed by atoms with Gasteiger partial charge in [-0.1, -0.05) is 11.6 Å². The number of piperidine rings is 1. The van der Waals surface area contributed by atoms with Crippen molar-refractivity contribution in [2.24, 2.45) is 0 Å². The maximum atomic E-state index is 13.6. The lowest BCUT2D eigenvalue weighted by atomic mass is 9.89. The second-order valence-corrected chi connectivity index (χ2v) is 4.47. The molecule has 2 nitrogen and oxygen atoms in total. The lowest BCUT2D eigenvalue weighted by molar-refractivity contribution is 0.368. The van der Waals surface area contributed by atoms with Gasteiger partial charge >= 0.3 is 0 Å². The summed E-state index contributed by atoms with van der Waals surface area (Å²) in [7, 11) is 1.50. The summed E-state index contributed by atoms with van der Waals surface area (Å²) in [6.45, 7) is 1.92. The van der Waals surface area contributed by atoms with Crippen LogP contribution in [0.25, 0.3) is 0 Å². The van der Waals surface area contributed by atoms with E-state index in [0.717, 1.165) is 31.5 Å². The van der Waals surface area contributed by atoms with Crippen LogP contribution in [-0.2, 0) is 0 Å². The Balaban J connectivity index is 2.36. The molecule has 0 atom stereocenters. The molecule has 1 aromatic rings. The molecule has 1 heterocycles. The second-order valence-electron chi connectivity index (χ2n) is 4.03. The van der Waals surface area contributed by atoms with Crippen molar-refractivity contribution in [2.45, 2.75) is 18.8 Å². The molecule has 1 aliphatic heterocycles. The van der Waals surface area contributed by atoms with Gasteiger partial charge in [0.25, 0.3) is 0 Å². The number of methoxy groups -OCH3 is 1. The SMILES string of the molecule is COc1c(F)cc(Cl)cc1C1CCNCC1. The highest BCUT2D eigenvalue weighted by Gasteiger charge is 2.21. The summed E-state index contributed by atoms with van der Waals surface area (Å²) < 4.78 is 18.8. The van der Waals surface area contributed by atoms with E-state index >= 15 is 0 Å². The summed E-state index contributed by atoms with van der Waals surface area (Å²) in [4.78, 5) is 0. The van der Waals surface area contributed by atoms with Gasteiger partial charge in [0.15, 0.2) is 11.6 Å². The second kappa shape index (κ2) is 5.02. The standard InChI is InChI=1S/C12H15ClFNO/c1-16-12-10(6-9(13)7-11(12)14)8-2-4-15-5-3-8/h6-8,15H,2-5H2,1H3. The molecular weight excluding hydrogens is 229 g/mol. The minimum atomic E-state index is -0.372.